The van der Waals surface area contributed by atoms with E-state index in [1.165, 1.54) is 6.42 Å². The minimum Gasteiger partial charge on any atom is -0.341 e. The highest BCUT2D eigenvalue weighted by Crippen LogP contribution is 2.32. The summed E-state index contributed by atoms with van der Waals surface area (Å²) in [7, 11) is 1.90. The van der Waals surface area contributed by atoms with Crippen LogP contribution < -0.4 is 5.73 Å². The van der Waals surface area contributed by atoms with Crippen LogP contribution in [0.5, 0.6) is 0 Å². The van der Waals surface area contributed by atoms with Gasteiger partial charge in [-0.25, -0.2) is 0 Å². The first-order valence-corrected chi connectivity index (χ1v) is 8.35. The van der Waals surface area contributed by atoms with Crippen molar-refractivity contribution in [3.63, 3.8) is 0 Å². The quantitative estimate of drug-likeness (QED) is 0.836. The van der Waals surface area contributed by atoms with Crippen LogP contribution in [-0.4, -0.2) is 41.4 Å². The van der Waals surface area contributed by atoms with Crippen molar-refractivity contribution < 1.29 is 4.79 Å². The number of carbonyl (C=O) groups excluding carboxylic acids is 1. The molecule has 1 rings (SSSR count). The van der Waals surface area contributed by atoms with Crippen LogP contribution in [0.4, 0.5) is 0 Å². The largest absolute Gasteiger partial charge is 0.341 e. The van der Waals surface area contributed by atoms with Crippen molar-refractivity contribution in [1.29, 1.82) is 0 Å². The molecule has 106 valence electrons. The molecule has 3 atom stereocenters. The Morgan fingerprint density at radius 3 is 2.83 bits per heavy atom. The minimum absolute atomic E-state index is 0.141. The first-order valence-electron chi connectivity index (χ1n) is 6.96. The normalized spacial score (nSPS) is 29.9. The number of hydrogen-bond donors (Lipinski definition) is 1. The monoisotopic (exact) mass is 272 g/mol. The molecular formula is C14H28N2OS. The molecule has 0 heterocycles. The fourth-order valence-electron chi connectivity index (χ4n) is 2.82. The van der Waals surface area contributed by atoms with E-state index in [4.69, 9.17) is 5.73 Å². The molecule has 1 amide bonds. The Hall–Kier alpha value is -0.220. The van der Waals surface area contributed by atoms with Crippen molar-refractivity contribution in [2.24, 2.45) is 11.7 Å². The average Bonchev–Trinajstić information content (AvgIpc) is 2.33. The summed E-state index contributed by atoms with van der Waals surface area (Å²) in [5, 5.41) is 0. The molecule has 1 fully saturated rings. The first kappa shape index (κ1) is 15.8. The Labute approximate surface area is 116 Å². The maximum Gasteiger partial charge on any atom is 0.242 e. The van der Waals surface area contributed by atoms with E-state index in [0.717, 1.165) is 31.4 Å². The average molecular weight is 272 g/mol. The molecule has 4 heteroatoms. The Kier molecular flexibility index (Phi) is 5.99. The second kappa shape index (κ2) is 6.80. The molecule has 3 unspecified atom stereocenters. The van der Waals surface area contributed by atoms with E-state index < -0.39 is 5.54 Å². The third kappa shape index (κ3) is 3.89. The molecule has 18 heavy (non-hydrogen) atoms. The van der Waals surface area contributed by atoms with Gasteiger partial charge in [0.2, 0.25) is 5.91 Å². The lowest BCUT2D eigenvalue weighted by atomic mass is 9.76. The molecule has 0 spiro atoms. The Morgan fingerprint density at radius 1 is 1.61 bits per heavy atom. The van der Waals surface area contributed by atoms with Crippen LogP contribution in [0.1, 0.15) is 46.0 Å². The van der Waals surface area contributed by atoms with E-state index in [0.29, 0.717) is 5.92 Å². The summed E-state index contributed by atoms with van der Waals surface area (Å²) in [6, 6.07) is 0.280. The van der Waals surface area contributed by atoms with Gasteiger partial charge in [-0.05, 0) is 44.1 Å². The lowest BCUT2D eigenvalue weighted by Crippen LogP contribution is -2.58. The molecule has 0 radical (unpaired) electrons. The van der Waals surface area contributed by atoms with Gasteiger partial charge >= 0.3 is 0 Å². The number of hydrogen-bond acceptors (Lipinski definition) is 3. The summed E-state index contributed by atoms with van der Waals surface area (Å²) in [5.41, 5.74) is 5.75. The van der Waals surface area contributed by atoms with Gasteiger partial charge in [0, 0.05) is 13.1 Å². The summed E-state index contributed by atoms with van der Waals surface area (Å²) in [6.07, 6.45) is 7.10. The molecule has 0 aromatic rings. The Balaban J connectivity index is 2.61. The van der Waals surface area contributed by atoms with Crippen molar-refractivity contribution in [2.45, 2.75) is 57.5 Å². The number of likely N-dealkylation sites (N-methyl/N-ethyl adjacent to an activating group) is 1. The van der Waals surface area contributed by atoms with Crippen molar-refractivity contribution in [2.75, 3.05) is 19.1 Å². The molecule has 0 aromatic carbocycles. The van der Waals surface area contributed by atoms with E-state index in [1.807, 2.05) is 23.7 Å². The summed E-state index contributed by atoms with van der Waals surface area (Å²) in [6.45, 7) is 4.31. The smallest absolute Gasteiger partial charge is 0.242 e. The third-order valence-corrected chi connectivity index (χ3v) is 4.82. The molecule has 0 aromatic heterocycles. The van der Waals surface area contributed by atoms with Gasteiger partial charge in [0.1, 0.15) is 0 Å². The van der Waals surface area contributed by atoms with Crippen molar-refractivity contribution in [3.05, 3.63) is 0 Å². The summed E-state index contributed by atoms with van der Waals surface area (Å²) < 4.78 is 0. The van der Waals surface area contributed by atoms with E-state index in [2.05, 4.69) is 20.1 Å². The fraction of sp³-hybridized carbons (Fsp3) is 0.929. The SMILES string of the molecule is CSCCC(C)N(C)C(=O)C1(N)CCCC(C)C1. The minimum atomic E-state index is -0.611. The summed E-state index contributed by atoms with van der Waals surface area (Å²) in [4.78, 5) is 14.4. The van der Waals surface area contributed by atoms with Crippen LogP contribution in [0.15, 0.2) is 0 Å². The summed E-state index contributed by atoms with van der Waals surface area (Å²) >= 11 is 1.82. The van der Waals surface area contributed by atoms with Gasteiger partial charge in [-0.2, -0.15) is 11.8 Å². The van der Waals surface area contributed by atoms with Crippen molar-refractivity contribution >= 4 is 17.7 Å². The van der Waals surface area contributed by atoms with E-state index in [-0.39, 0.29) is 11.9 Å². The molecule has 0 aliphatic heterocycles. The zero-order chi connectivity index (χ0) is 13.8. The molecule has 3 nitrogen and oxygen atoms in total. The van der Waals surface area contributed by atoms with Crippen LogP contribution in [0.2, 0.25) is 0 Å². The zero-order valence-electron chi connectivity index (χ0n) is 12.2. The Morgan fingerprint density at radius 2 is 2.28 bits per heavy atom. The maximum absolute atomic E-state index is 12.6. The van der Waals surface area contributed by atoms with Gasteiger partial charge in [0.15, 0.2) is 0 Å². The first-order chi connectivity index (χ1) is 8.40. The van der Waals surface area contributed by atoms with Crippen LogP contribution in [0.3, 0.4) is 0 Å². The molecule has 0 saturated heterocycles. The number of amides is 1. The Bertz CT molecular complexity index is 285. The third-order valence-electron chi connectivity index (χ3n) is 4.18. The highest BCUT2D eigenvalue weighted by Gasteiger charge is 2.40. The number of carbonyl (C=O) groups is 1. The van der Waals surface area contributed by atoms with Crippen LogP contribution in [0.25, 0.3) is 0 Å². The topological polar surface area (TPSA) is 46.3 Å². The number of rotatable bonds is 5. The zero-order valence-corrected chi connectivity index (χ0v) is 13.1. The van der Waals surface area contributed by atoms with Gasteiger partial charge in [-0.3, -0.25) is 4.79 Å². The molecule has 0 bridgehead atoms. The standard InChI is InChI=1S/C14H28N2OS/c1-11-6-5-8-14(15,10-11)13(17)16(3)12(2)7-9-18-4/h11-12H,5-10,15H2,1-4H3. The van der Waals surface area contributed by atoms with Gasteiger partial charge in [-0.1, -0.05) is 19.8 Å². The number of thioether (sulfide) groups is 1. The predicted octanol–water partition coefficient (Wildman–Crippen LogP) is 2.49. The highest BCUT2D eigenvalue weighted by molar-refractivity contribution is 7.98. The predicted molar refractivity (Wildman–Crippen MR) is 79.8 cm³/mol. The fourth-order valence-corrected chi connectivity index (χ4v) is 3.40. The van der Waals surface area contributed by atoms with Gasteiger partial charge < -0.3 is 10.6 Å². The summed E-state index contributed by atoms with van der Waals surface area (Å²) in [5.74, 6) is 1.80. The van der Waals surface area contributed by atoms with Crippen molar-refractivity contribution in [3.8, 4) is 0 Å². The lowest BCUT2D eigenvalue weighted by Gasteiger charge is -2.39. The van der Waals surface area contributed by atoms with Crippen LogP contribution >= 0.6 is 11.8 Å². The maximum atomic E-state index is 12.6. The van der Waals surface area contributed by atoms with Gasteiger partial charge in [0.05, 0.1) is 5.54 Å². The molecule has 2 N–H and O–H groups in total. The lowest BCUT2D eigenvalue weighted by molar-refractivity contribution is -0.139. The molecular weight excluding hydrogens is 244 g/mol. The highest BCUT2D eigenvalue weighted by atomic mass is 32.2. The van der Waals surface area contributed by atoms with Gasteiger partial charge in [-0.15, -0.1) is 0 Å². The van der Waals surface area contributed by atoms with Crippen LogP contribution in [0, 0.1) is 5.92 Å². The second-order valence-electron chi connectivity index (χ2n) is 5.90. The molecule has 1 aliphatic carbocycles. The molecule has 1 aliphatic rings. The molecule has 1 saturated carbocycles. The van der Waals surface area contributed by atoms with E-state index in [1.54, 1.807) is 0 Å². The number of nitrogens with zero attached hydrogens (tertiary/aromatic N) is 1. The van der Waals surface area contributed by atoms with E-state index >= 15 is 0 Å². The van der Waals surface area contributed by atoms with E-state index in [9.17, 15) is 4.79 Å². The second-order valence-corrected chi connectivity index (χ2v) is 6.89. The van der Waals surface area contributed by atoms with Crippen molar-refractivity contribution in [1.82, 2.24) is 4.90 Å². The van der Waals surface area contributed by atoms with Crippen LogP contribution in [-0.2, 0) is 4.79 Å². The number of nitrogens with two attached hydrogens (primary N) is 1. The van der Waals surface area contributed by atoms with Gasteiger partial charge in [0.25, 0.3) is 0 Å².